The van der Waals surface area contributed by atoms with E-state index in [1.807, 2.05) is 6.92 Å². The lowest BCUT2D eigenvalue weighted by Crippen LogP contribution is -2.30. The van der Waals surface area contributed by atoms with Gasteiger partial charge in [0.15, 0.2) is 0 Å². The number of ether oxygens (including phenoxy) is 1. The van der Waals surface area contributed by atoms with E-state index in [1.165, 1.54) is 11.8 Å². The first kappa shape index (κ1) is 22.4. The number of fused-ring (bicyclic) bond motifs is 1. The molecule has 0 unspecified atom stereocenters. The number of sulfonamides is 1. The van der Waals surface area contributed by atoms with Gasteiger partial charge >= 0.3 is 0 Å². The summed E-state index contributed by atoms with van der Waals surface area (Å²) in [6.07, 6.45) is 3.39. The number of aromatic nitrogens is 2. The molecule has 2 aromatic carbocycles. The smallest absolute Gasteiger partial charge is 0.270 e. The molecule has 0 saturated heterocycles. The molecule has 0 radical (unpaired) electrons. The molecule has 1 aliphatic carbocycles. The van der Waals surface area contributed by atoms with Crippen LogP contribution >= 0.6 is 11.6 Å². The molecule has 0 bridgehead atoms. The molecule has 0 aliphatic heterocycles. The number of aryl methyl sites for hydroxylation is 1. The van der Waals surface area contributed by atoms with E-state index < -0.39 is 10.0 Å². The summed E-state index contributed by atoms with van der Waals surface area (Å²) in [5.74, 6) is 0.216. The molecule has 7 nitrogen and oxygen atoms in total. The van der Waals surface area contributed by atoms with Crippen LogP contribution < -0.4 is 15.0 Å². The summed E-state index contributed by atoms with van der Waals surface area (Å²) in [6.45, 7) is 2.31. The van der Waals surface area contributed by atoms with Gasteiger partial charge in [0.1, 0.15) is 10.6 Å². The van der Waals surface area contributed by atoms with Crippen LogP contribution in [0.2, 0.25) is 5.02 Å². The van der Waals surface area contributed by atoms with Crippen molar-refractivity contribution in [2.45, 2.75) is 44.0 Å². The molecule has 3 aromatic rings. The first-order valence-electron chi connectivity index (χ1n) is 10.4. The van der Waals surface area contributed by atoms with Crippen LogP contribution in [0.15, 0.2) is 52.2 Å². The van der Waals surface area contributed by atoms with Gasteiger partial charge < -0.3 is 4.74 Å². The maximum absolute atomic E-state index is 13.2. The van der Waals surface area contributed by atoms with Crippen molar-refractivity contribution >= 4 is 27.3 Å². The Balaban J connectivity index is 1.84. The fraction of sp³-hybridized carbons (Fsp3) is 0.304. The number of hydrogen-bond donors (Lipinski definition) is 1. The zero-order valence-electron chi connectivity index (χ0n) is 17.9. The molecule has 1 N–H and O–H groups in total. The lowest BCUT2D eigenvalue weighted by atomic mass is 9.90. The van der Waals surface area contributed by atoms with Gasteiger partial charge in [-0.3, -0.25) is 9.52 Å². The average Bonchev–Trinajstić information content (AvgIpc) is 2.80. The lowest BCUT2D eigenvalue weighted by Gasteiger charge is -2.20. The molecule has 0 saturated carbocycles. The zero-order chi connectivity index (χ0) is 22.9. The van der Waals surface area contributed by atoms with E-state index in [9.17, 15) is 13.2 Å². The second-order valence-electron chi connectivity index (χ2n) is 7.61. The fourth-order valence-corrected chi connectivity index (χ4v) is 5.37. The highest BCUT2D eigenvalue weighted by Gasteiger charge is 2.25. The number of rotatable bonds is 6. The van der Waals surface area contributed by atoms with Crippen molar-refractivity contribution in [3.05, 3.63) is 69.0 Å². The van der Waals surface area contributed by atoms with Gasteiger partial charge in [0.25, 0.3) is 15.6 Å². The van der Waals surface area contributed by atoms with Crippen LogP contribution in [0.4, 0.5) is 5.69 Å². The summed E-state index contributed by atoms with van der Waals surface area (Å²) in [7, 11) is -2.53. The van der Waals surface area contributed by atoms with Gasteiger partial charge in [-0.05, 0) is 80.6 Å². The number of halogens is 1. The Labute approximate surface area is 192 Å². The van der Waals surface area contributed by atoms with E-state index >= 15 is 0 Å². The maximum Gasteiger partial charge on any atom is 0.270 e. The van der Waals surface area contributed by atoms with Gasteiger partial charge in [-0.15, -0.1) is 0 Å². The van der Waals surface area contributed by atoms with Crippen molar-refractivity contribution in [3.63, 3.8) is 0 Å². The zero-order valence-corrected chi connectivity index (χ0v) is 19.5. The van der Waals surface area contributed by atoms with Crippen molar-refractivity contribution in [3.8, 4) is 17.0 Å². The topological polar surface area (TPSA) is 90.3 Å². The predicted molar refractivity (Wildman–Crippen MR) is 125 cm³/mol. The Morgan fingerprint density at radius 2 is 1.78 bits per heavy atom. The Morgan fingerprint density at radius 3 is 2.44 bits per heavy atom. The molecule has 1 heterocycles. The Hall–Kier alpha value is -2.84. The first-order valence-corrected chi connectivity index (χ1v) is 12.3. The monoisotopic (exact) mass is 473 g/mol. The Morgan fingerprint density at radius 1 is 1.09 bits per heavy atom. The highest BCUT2D eigenvalue weighted by molar-refractivity contribution is 7.92. The third kappa shape index (κ3) is 4.25. The normalized spacial score (nSPS) is 13.5. The molecule has 1 aromatic heterocycles. The standard InChI is InChI=1S/C23H24ClN3O4S/c1-3-27-23(28)19-7-5-4-6-18(19)22(25-27)15-8-13-20(31-2)21(14-15)32(29,30)26-17-11-9-16(24)10-12-17/h8-14,26H,3-7H2,1-2H3. The highest BCUT2D eigenvalue weighted by atomic mass is 35.5. The summed E-state index contributed by atoms with van der Waals surface area (Å²) in [5.41, 5.74) is 3.29. The summed E-state index contributed by atoms with van der Waals surface area (Å²) >= 11 is 5.90. The predicted octanol–water partition coefficient (Wildman–Crippen LogP) is 4.27. The van der Waals surface area contributed by atoms with E-state index in [2.05, 4.69) is 9.82 Å². The number of methoxy groups -OCH3 is 1. The van der Waals surface area contributed by atoms with Crippen LogP contribution in [0.5, 0.6) is 5.75 Å². The number of benzene rings is 2. The van der Waals surface area contributed by atoms with Crippen molar-refractivity contribution in [2.75, 3.05) is 11.8 Å². The molecule has 0 fully saturated rings. The largest absolute Gasteiger partial charge is 0.495 e. The fourth-order valence-electron chi connectivity index (χ4n) is 3.99. The van der Waals surface area contributed by atoms with E-state index in [0.29, 0.717) is 34.9 Å². The van der Waals surface area contributed by atoms with Gasteiger partial charge in [0.05, 0.1) is 12.8 Å². The van der Waals surface area contributed by atoms with Crippen molar-refractivity contribution < 1.29 is 13.2 Å². The van der Waals surface area contributed by atoms with Gasteiger partial charge in [-0.25, -0.2) is 13.1 Å². The number of hydrogen-bond acceptors (Lipinski definition) is 5. The summed E-state index contributed by atoms with van der Waals surface area (Å²) in [5, 5.41) is 5.09. The third-order valence-corrected chi connectivity index (χ3v) is 7.24. The van der Waals surface area contributed by atoms with Gasteiger partial charge in [0.2, 0.25) is 0 Å². The van der Waals surface area contributed by atoms with Crippen LogP contribution in [0.25, 0.3) is 11.3 Å². The molecule has 168 valence electrons. The van der Waals surface area contributed by atoms with Crippen LogP contribution in [0.3, 0.4) is 0 Å². The van der Waals surface area contributed by atoms with E-state index in [0.717, 1.165) is 30.4 Å². The summed E-state index contributed by atoms with van der Waals surface area (Å²) in [4.78, 5) is 12.7. The van der Waals surface area contributed by atoms with Crippen molar-refractivity contribution in [2.24, 2.45) is 0 Å². The van der Waals surface area contributed by atoms with Gasteiger partial charge in [0, 0.05) is 28.4 Å². The number of nitrogens with one attached hydrogen (secondary N) is 1. The van der Waals surface area contributed by atoms with E-state index in [4.69, 9.17) is 16.3 Å². The minimum Gasteiger partial charge on any atom is -0.495 e. The average molecular weight is 474 g/mol. The highest BCUT2D eigenvalue weighted by Crippen LogP contribution is 2.34. The lowest BCUT2D eigenvalue weighted by molar-refractivity contribution is 0.403. The van der Waals surface area contributed by atoms with Gasteiger partial charge in [-0.1, -0.05) is 11.6 Å². The minimum atomic E-state index is -3.96. The molecule has 4 rings (SSSR count). The molecular weight excluding hydrogens is 450 g/mol. The minimum absolute atomic E-state index is 0.00643. The molecule has 32 heavy (non-hydrogen) atoms. The van der Waals surface area contributed by atoms with Crippen molar-refractivity contribution in [1.82, 2.24) is 9.78 Å². The van der Waals surface area contributed by atoms with Crippen LogP contribution in [0.1, 0.15) is 30.9 Å². The molecule has 0 spiro atoms. The maximum atomic E-state index is 13.2. The molecule has 0 atom stereocenters. The SMILES string of the molecule is CCn1nc(-c2ccc(OC)c(S(=O)(=O)Nc3ccc(Cl)cc3)c2)c2c(c1=O)CCCC2. The summed E-state index contributed by atoms with van der Waals surface area (Å²) in [6, 6.07) is 11.3. The molecule has 9 heteroatoms. The van der Waals surface area contributed by atoms with Gasteiger partial charge in [-0.2, -0.15) is 5.10 Å². The third-order valence-electron chi connectivity index (χ3n) is 5.59. The molecule has 1 aliphatic rings. The molecular formula is C23H24ClN3O4S. The Bertz CT molecular complexity index is 1320. The first-order chi connectivity index (χ1) is 15.3. The van der Waals surface area contributed by atoms with E-state index in [-0.39, 0.29) is 16.2 Å². The quantitative estimate of drug-likeness (QED) is 0.577. The second kappa shape index (κ2) is 8.96. The second-order valence-corrected chi connectivity index (χ2v) is 9.70. The van der Waals surface area contributed by atoms with Crippen LogP contribution in [0, 0.1) is 0 Å². The van der Waals surface area contributed by atoms with E-state index in [1.54, 1.807) is 42.5 Å². The summed E-state index contributed by atoms with van der Waals surface area (Å²) < 4.78 is 35.8. The van der Waals surface area contributed by atoms with Crippen LogP contribution in [-0.2, 0) is 29.4 Å². The van der Waals surface area contributed by atoms with Crippen LogP contribution in [-0.4, -0.2) is 25.3 Å². The Kier molecular flexibility index (Phi) is 6.26. The molecule has 0 amide bonds. The van der Waals surface area contributed by atoms with Crippen molar-refractivity contribution in [1.29, 1.82) is 0 Å². The number of anilines is 1. The number of nitrogens with zero attached hydrogens (tertiary/aromatic N) is 2.